The number of aromatic nitrogens is 1. The number of rotatable bonds is 1. The van der Waals surface area contributed by atoms with Gasteiger partial charge in [-0.1, -0.05) is 25.1 Å². The zero-order chi connectivity index (χ0) is 23.0. The first-order valence-electron chi connectivity index (χ1n) is 12.7. The van der Waals surface area contributed by atoms with Gasteiger partial charge < -0.3 is 15.9 Å². The molecular formula is C28H35FN2O2. The molecule has 3 saturated carbocycles. The van der Waals surface area contributed by atoms with Gasteiger partial charge >= 0.3 is 0 Å². The van der Waals surface area contributed by atoms with E-state index in [1.165, 1.54) is 5.57 Å². The number of nitrogens with zero attached hydrogens (tertiary/aromatic N) is 1. The highest BCUT2D eigenvalue weighted by Gasteiger charge is 2.66. The van der Waals surface area contributed by atoms with E-state index in [0.717, 1.165) is 42.0 Å². The zero-order valence-electron chi connectivity index (χ0n) is 19.4. The number of aliphatic hydroxyl groups excluding tert-OH is 1. The Morgan fingerprint density at radius 2 is 1.91 bits per heavy atom. The van der Waals surface area contributed by atoms with Gasteiger partial charge in [-0.3, -0.25) is 0 Å². The Balaban J connectivity index is 1.35. The van der Waals surface area contributed by atoms with Crippen molar-refractivity contribution < 1.29 is 14.6 Å². The first kappa shape index (κ1) is 21.5. The molecule has 176 valence electrons. The largest absolute Gasteiger partial charge is 0.393 e. The molecule has 6 rings (SSSR count). The number of benzene rings is 1. The summed E-state index contributed by atoms with van der Waals surface area (Å²) >= 11 is 0. The predicted molar refractivity (Wildman–Crippen MR) is 129 cm³/mol. The van der Waals surface area contributed by atoms with Crippen LogP contribution in [0.4, 0.5) is 10.2 Å². The van der Waals surface area contributed by atoms with Crippen molar-refractivity contribution in [2.75, 3.05) is 5.73 Å². The molecular weight excluding hydrogens is 415 g/mol. The molecule has 6 unspecified atom stereocenters. The summed E-state index contributed by atoms with van der Waals surface area (Å²) in [5, 5.41) is 24.5. The second-order valence-corrected chi connectivity index (χ2v) is 11.6. The van der Waals surface area contributed by atoms with Crippen LogP contribution >= 0.6 is 0 Å². The number of nitrogen functional groups attached to an aromatic ring is 1. The van der Waals surface area contributed by atoms with Gasteiger partial charge in [-0.25, -0.2) is 9.37 Å². The van der Waals surface area contributed by atoms with Crippen molar-refractivity contribution in [2.45, 2.75) is 82.1 Å². The van der Waals surface area contributed by atoms with Crippen LogP contribution in [0.15, 0.2) is 36.5 Å². The van der Waals surface area contributed by atoms with E-state index in [1.807, 2.05) is 6.07 Å². The minimum absolute atomic E-state index is 0.123. The highest BCUT2D eigenvalue weighted by molar-refractivity contribution is 5.88. The molecule has 0 radical (unpaired) electrons. The van der Waals surface area contributed by atoms with Gasteiger partial charge in [-0.05, 0) is 104 Å². The number of hydrogen-bond donors (Lipinski definition) is 3. The maximum atomic E-state index is 16.8. The number of hydrogen-bond acceptors (Lipinski definition) is 4. The second kappa shape index (κ2) is 7.26. The number of aliphatic hydroxyl groups is 2. The molecule has 0 spiro atoms. The normalized spacial score (nSPS) is 42.7. The fourth-order valence-corrected chi connectivity index (χ4v) is 8.14. The smallest absolute Gasteiger partial charge is 0.140 e. The number of alkyl halides is 1. The van der Waals surface area contributed by atoms with E-state index < -0.39 is 11.3 Å². The van der Waals surface area contributed by atoms with Crippen LogP contribution in [-0.4, -0.2) is 32.6 Å². The summed E-state index contributed by atoms with van der Waals surface area (Å²) in [6.07, 6.45) is 9.82. The average molecular weight is 451 g/mol. The molecule has 4 aliphatic rings. The SMILES string of the molecule is CC12CCC3(F)CC4CC(O)CCC4CC[C@]3(O)C1CC=C2c1ccc2cnc(N)cc2c1. The van der Waals surface area contributed by atoms with Crippen LogP contribution in [0, 0.1) is 23.2 Å². The summed E-state index contributed by atoms with van der Waals surface area (Å²) in [4.78, 5) is 4.19. The van der Waals surface area contributed by atoms with Crippen molar-refractivity contribution in [3.8, 4) is 0 Å². The highest BCUT2D eigenvalue weighted by atomic mass is 19.1. The van der Waals surface area contributed by atoms with Crippen molar-refractivity contribution >= 4 is 22.2 Å². The van der Waals surface area contributed by atoms with E-state index in [-0.39, 0.29) is 23.4 Å². The molecule has 4 nitrogen and oxygen atoms in total. The number of halogens is 1. The Morgan fingerprint density at radius 3 is 2.76 bits per heavy atom. The summed E-state index contributed by atoms with van der Waals surface area (Å²) in [6.45, 7) is 2.24. The van der Waals surface area contributed by atoms with Crippen molar-refractivity contribution in [1.29, 1.82) is 0 Å². The summed E-state index contributed by atoms with van der Waals surface area (Å²) < 4.78 is 16.8. The fraction of sp³-hybridized carbons (Fsp3) is 0.607. The van der Waals surface area contributed by atoms with E-state index in [1.54, 1.807) is 6.20 Å². The Morgan fingerprint density at radius 1 is 1.06 bits per heavy atom. The fourth-order valence-electron chi connectivity index (χ4n) is 8.14. The Bertz CT molecular complexity index is 1130. The summed E-state index contributed by atoms with van der Waals surface area (Å²) in [5.74, 6) is 0.992. The Labute approximate surface area is 195 Å². The molecule has 3 fully saturated rings. The van der Waals surface area contributed by atoms with Gasteiger partial charge in [0.25, 0.3) is 0 Å². The van der Waals surface area contributed by atoms with Crippen LogP contribution in [-0.2, 0) is 0 Å². The molecule has 0 aliphatic heterocycles. The number of pyridine rings is 1. The van der Waals surface area contributed by atoms with E-state index >= 15 is 4.39 Å². The molecule has 1 aromatic heterocycles. The van der Waals surface area contributed by atoms with Crippen LogP contribution in [0.25, 0.3) is 16.3 Å². The van der Waals surface area contributed by atoms with E-state index in [4.69, 9.17) is 5.73 Å². The summed E-state index contributed by atoms with van der Waals surface area (Å²) in [7, 11) is 0. The van der Waals surface area contributed by atoms with E-state index in [9.17, 15) is 10.2 Å². The molecule has 33 heavy (non-hydrogen) atoms. The zero-order valence-corrected chi connectivity index (χ0v) is 19.4. The van der Waals surface area contributed by atoms with E-state index in [2.05, 4.69) is 36.2 Å². The lowest BCUT2D eigenvalue weighted by molar-refractivity contribution is -0.195. The Hall–Kier alpha value is -1.98. The molecule has 5 heteroatoms. The van der Waals surface area contributed by atoms with Crippen molar-refractivity contribution in [1.82, 2.24) is 4.98 Å². The molecule has 4 N–H and O–H groups in total. The van der Waals surface area contributed by atoms with Gasteiger partial charge in [0.2, 0.25) is 0 Å². The summed E-state index contributed by atoms with van der Waals surface area (Å²) in [6, 6.07) is 8.27. The molecule has 0 saturated heterocycles. The molecule has 0 amide bonds. The monoisotopic (exact) mass is 450 g/mol. The topological polar surface area (TPSA) is 79.4 Å². The molecule has 1 aromatic carbocycles. The van der Waals surface area contributed by atoms with E-state index in [0.29, 0.717) is 43.8 Å². The second-order valence-electron chi connectivity index (χ2n) is 11.6. The number of nitrogens with two attached hydrogens (primary N) is 1. The lowest BCUT2D eigenvalue weighted by Crippen LogP contribution is -2.62. The van der Waals surface area contributed by atoms with Gasteiger partial charge in [-0.2, -0.15) is 0 Å². The lowest BCUT2D eigenvalue weighted by Gasteiger charge is -2.56. The van der Waals surface area contributed by atoms with Crippen LogP contribution in [0.2, 0.25) is 0 Å². The van der Waals surface area contributed by atoms with Crippen LogP contribution in [0.3, 0.4) is 0 Å². The van der Waals surface area contributed by atoms with Crippen LogP contribution in [0.5, 0.6) is 0 Å². The van der Waals surface area contributed by atoms with Gasteiger partial charge in [0.15, 0.2) is 0 Å². The van der Waals surface area contributed by atoms with Gasteiger partial charge in [0.05, 0.1) is 6.10 Å². The van der Waals surface area contributed by atoms with Gasteiger partial charge in [0.1, 0.15) is 17.1 Å². The third-order valence-electron chi connectivity index (χ3n) is 9.98. The molecule has 4 aliphatic carbocycles. The maximum Gasteiger partial charge on any atom is 0.140 e. The first-order valence-corrected chi connectivity index (χ1v) is 12.7. The molecule has 7 atom stereocenters. The van der Waals surface area contributed by atoms with Crippen molar-refractivity contribution in [3.63, 3.8) is 0 Å². The predicted octanol–water partition coefficient (Wildman–Crippen LogP) is 5.42. The number of allylic oxidation sites excluding steroid dienone is 2. The third-order valence-corrected chi connectivity index (χ3v) is 9.98. The van der Waals surface area contributed by atoms with Gasteiger partial charge in [0, 0.05) is 17.5 Å². The molecule has 2 aromatic rings. The number of fused-ring (bicyclic) bond motifs is 5. The molecule has 1 heterocycles. The minimum atomic E-state index is -1.57. The minimum Gasteiger partial charge on any atom is -0.393 e. The van der Waals surface area contributed by atoms with Crippen LogP contribution in [0.1, 0.15) is 70.3 Å². The first-order chi connectivity index (χ1) is 15.7. The quantitative estimate of drug-likeness (QED) is 0.542. The van der Waals surface area contributed by atoms with Gasteiger partial charge in [-0.15, -0.1) is 0 Å². The Kier molecular flexibility index (Phi) is 4.74. The third kappa shape index (κ3) is 3.11. The van der Waals surface area contributed by atoms with Crippen molar-refractivity contribution in [3.05, 3.63) is 42.1 Å². The summed E-state index contributed by atoms with van der Waals surface area (Å²) in [5.41, 5.74) is 5.15. The maximum absolute atomic E-state index is 16.8. The standard InChI is InChI=1S/C28H35FN2O2/c1-26-10-11-27(29)15-21-13-22(32)5-4-17(21)8-9-28(27,33)24(26)7-6-23(26)18-2-3-19-16-31-25(30)14-20(19)12-18/h2-3,6,12,14,16-17,21-22,24,32-33H,4-5,7-11,13,15H2,1H3,(H2,30,31)/t17?,21?,22?,24?,26?,27?,28-/m0/s1. The molecule has 0 bridgehead atoms. The average Bonchev–Trinajstić information content (AvgIpc) is 3.09. The highest BCUT2D eigenvalue weighted by Crippen LogP contribution is 2.66. The lowest BCUT2D eigenvalue weighted by atomic mass is 9.53. The number of anilines is 1. The van der Waals surface area contributed by atoms with Crippen molar-refractivity contribution in [2.24, 2.45) is 23.2 Å². The van der Waals surface area contributed by atoms with Crippen LogP contribution < -0.4 is 5.73 Å².